The summed E-state index contributed by atoms with van der Waals surface area (Å²) in [6, 6.07) is 6.21. The van der Waals surface area contributed by atoms with Crippen molar-refractivity contribution in [1.29, 1.82) is 0 Å². The quantitative estimate of drug-likeness (QED) is 0.803. The predicted molar refractivity (Wildman–Crippen MR) is 93.5 cm³/mol. The molecule has 0 aliphatic carbocycles. The maximum Gasteiger partial charge on any atom is 0.342 e. The van der Waals surface area contributed by atoms with Crippen LogP contribution in [0.5, 0.6) is 0 Å². The van der Waals surface area contributed by atoms with Crippen molar-refractivity contribution in [3.63, 3.8) is 0 Å². The topological polar surface area (TPSA) is 52.3 Å². The van der Waals surface area contributed by atoms with Gasteiger partial charge in [-0.05, 0) is 52.7 Å². The van der Waals surface area contributed by atoms with E-state index < -0.39 is 5.60 Å². The summed E-state index contributed by atoms with van der Waals surface area (Å²) in [6.45, 7) is 11.7. The predicted octanol–water partition coefficient (Wildman–Crippen LogP) is 4.88. The lowest BCUT2D eigenvalue weighted by molar-refractivity contribution is 0.00721. The van der Waals surface area contributed by atoms with Crippen LogP contribution in [0.1, 0.15) is 47.1 Å². The molecule has 0 aliphatic heterocycles. The van der Waals surface area contributed by atoms with Crippen molar-refractivity contribution in [2.24, 2.45) is 0 Å². The number of esters is 1. The van der Waals surface area contributed by atoms with Gasteiger partial charge in [-0.3, -0.25) is 0 Å². The second-order valence-corrected chi connectivity index (χ2v) is 7.85. The average Bonchev–Trinajstić information content (AvgIpc) is 2.62. The molecule has 118 valence electrons. The Morgan fingerprint density at radius 3 is 2.36 bits per heavy atom. The smallest absolute Gasteiger partial charge is 0.342 e. The van der Waals surface area contributed by atoms with Gasteiger partial charge in [0, 0.05) is 10.4 Å². The number of rotatable bonds is 2. The molecule has 2 rings (SSSR count). The second-order valence-electron chi connectivity index (χ2n) is 6.59. The van der Waals surface area contributed by atoms with E-state index in [4.69, 9.17) is 10.5 Å². The van der Waals surface area contributed by atoms with Crippen LogP contribution in [-0.2, 0) is 4.74 Å². The van der Waals surface area contributed by atoms with E-state index in [1.807, 2.05) is 33.8 Å². The fourth-order valence-corrected chi connectivity index (χ4v) is 3.45. The number of anilines is 1. The summed E-state index contributed by atoms with van der Waals surface area (Å²) < 4.78 is 5.53. The molecule has 0 amide bonds. The van der Waals surface area contributed by atoms with Crippen LogP contribution in [0.25, 0.3) is 11.1 Å². The van der Waals surface area contributed by atoms with E-state index in [1.54, 1.807) is 0 Å². The largest absolute Gasteiger partial charge is 0.456 e. The van der Waals surface area contributed by atoms with Crippen molar-refractivity contribution in [1.82, 2.24) is 0 Å². The lowest BCUT2D eigenvalue weighted by Crippen LogP contribution is -2.24. The molecule has 1 aromatic carbocycles. The molecule has 0 aliphatic rings. The number of hydrogen-bond donors (Lipinski definition) is 1. The molecule has 1 heterocycles. The van der Waals surface area contributed by atoms with Gasteiger partial charge in [0.2, 0.25) is 0 Å². The van der Waals surface area contributed by atoms with E-state index in [9.17, 15) is 4.79 Å². The Kier molecular flexibility index (Phi) is 4.34. The highest BCUT2D eigenvalue weighted by atomic mass is 32.1. The molecule has 0 saturated carbocycles. The summed E-state index contributed by atoms with van der Waals surface area (Å²) in [5, 5.41) is 0.515. The van der Waals surface area contributed by atoms with Crippen molar-refractivity contribution < 1.29 is 9.53 Å². The van der Waals surface area contributed by atoms with Gasteiger partial charge >= 0.3 is 5.97 Å². The van der Waals surface area contributed by atoms with Gasteiger partial charge in [-0.2, -0.15) is 0 Å². The number of carbonyl (C=O) groups excluding carboxylic acids is 1. The van der Waals surface area contributed by atoms with Gasteiger partial charge in [0.1, 0.15) is 16.2 Å². The first kappa shape index (κ1) is 16.6. The van der Waals surface area contributed by atoms with Crippen LogP contribution in [0, 0.1) is 20.8 Å². The van der Waals surface area contributed by atoms with E-state index >= 15 is 0 Å². The number of thiophene rings is 1. The lowest BCUT2D eigenvalue weighted by Gasteiger charge is -2.20. The second kappa shape index (κ2) is 5.76. The van der Waals surface area contributed by atoms with Crippen molar-refractivity contribution in [2.75, 3.05) is 5.73 Å². The molecule has 3 nitrogen and oxygen atoms in total. The summed E-state index contributed by atoms with van der Waals surface area (Å²) in [5.41, 5.74) is 10.3. The van der Waals surface area contributed by atoms with E-state index in [-0.39, 0.29) is 5.97 Å². The standard InChI is InChI=1S/C18H23NO2S/c1-10-7-8-13(11(2)9-10)14-12(3)22-16(19)15(14)17(20)21-18(4,5)6/h7-9H,19H2,1-6H3. The first-order valence-electron chi connectivity index (χ1n) is 7.30. The van der Waals surface area contributed by atoms with Crippen LogP contribution in [0.4, 0.5) is 5.00 Å². The summed E-state index contributed by atoms with van der Waals surface area (Å²) in [5.74, 6) is -0.357. The fourth-order valence-electron chi connectivity index (χ4n) is 2.52. The number of nitrogens with two attached hydrogens (primary N) is 1. The van der Waals surface area contributed by atoms with E-state index in [0.29, 0.717) is 10.6 Å². The number of carbonyl (C=O) groups is 1. The Morgan fingerprint density at radius 1 is 1.18 bits per heavy atom. The van der Waals surface area contributed by atoms with Crippen LogP contribution in [-0.4, -0.2) is 11.6 Å². The third-order valence-corrected chi connectivity index (χ3v) is 4.30. The van der Waals surface area contributed by atoms with Crippen LogP contribution in [0.3, 0.4) is 0 Å². The zero-order chi connectivity index (χ0) is 16.7. The molecule has 22 heavy (non-hydrogen) atoms. The number of hydrogen-bond acceptors (Lipinski definition) is 4. The van der Waals surface area contributed by atoms with E-state index in [0.717, 1.165) is 21.6 Å². The first-order valence-corrected chi connectivity index (χ1v) is 8.11. The molecule has 2 N–H and O–H groups in total. The highest BCUT2D eigenvalue weighted by Crippen LogP contribution is 2.40. The monoisotopic (exact) mass is 317 g/mol. The fraction of sp³-hybridized carbons (Fsp3) is 0.389. The third kappa shape index (κ3) is 3.33. The molecule has 2 aromatic rings. The Hall–Kier alpha value is -1.81. The van der Waals surface area contributed by atoms with Crippen molar-refractivity contribution in [2.45, 2.75) is 47.1 Å². The number of ether oxygens (including phenoxy) is 1. The van der Waals surface area contributed by atoms with E-state index in [2.05, 4.69) is 26.0 Å². The van der Waals surface area contributed by atoms with Crippen molar-refractivity contribution in [3.05, 3.63) is 39.8 Å². The minimum Gasteiger partial charge on any atom is -0.456 e. The van der Waals surface area contributed by atoms with Gasteiger partial charge in [0.25, 0.3) is 0 Å². The van der Waals surface area contributed by atoms with Gasteiger partial charge in [-0.15, -0.1) is 11.3 Å². The van der Waals surface area contributed by atoms with Crippen molar-refractivity contribution in [3.8, 4) is 11.1 Å². The number of aryl methyl sites for hydroxylation is 3. The van der Waals surface area contributed by atoms with Gasteiger partial charge in [-0.25, -0.2) is 4.79 Å². The first-order chi connectivity index (χ1) is 10.1. The number of nitrogen functional groups attached to an aromatic ring is 1. The molecule has 4 heteroatoms. The minimum atomic E-state index is -0.543. The average molecular weight is 317 g/mol. The molecule has 0 spiro atoms. The van der Waals surface area contributed by atoms with Crippen LogP contribution >= 0.6 is 11.3 Å². The van der Waals surface area contributed by atoms with Crippen LogP contribution < -0.4 is 5.73 Å². The summed E-state index contributed by atoms with van der Waals surface area (Å²) in [6.07, 6.45) is 0. The summed E-state index contributed by atoms with van der Waals surface area (Å²) in [7, 11) is 0. The molecule has 0 radical (unpaired) electrons. The molecule has 0 saturated heterocycles. The summed E-state index contributed by atoms with van der Waals surface area (Å²) in [4.78, 5) is 13.6. The van der Waals surface area contributed by atoms with Crippen molar-refractivity contribution >= 4 is 22.3 Å². The Morgan fingerprint density at radius 2 is 1.82 bits per heavy atom. The zero-order valence-electron chi connectivity index (χ0n) is 14.0. The Balaban J connectivity index is 2.60. The van der Waals surface area contributed by atoms with Gasteiger partial charge in [-0.1, -0.05) is 23.8 Å². The van der Waals surface area contributed by atoms with E-state index in [1.165, 1.54) is 16.9 Å². The van der Waals surface area contributed by atoms with Gasteiger partial charge in [0.15, 0.2) is 0 Å². The summed E-state index contributed by atoms with van der Waals surface area (Å²) >= 11 is 1.43. The molecule has 0 bridgehead atoms. The molecular weight excluding hydrogens is 294 g/mol. The normalized spacial score (nSPS) is 11.5. The molecule has 0 fully saturated rings. The minimum absolute atomic E-state index is 0.357. The molecular formula is C18H23NO2S. The van der Waals surface area contributed by atoms with Crippen LogP contribution in [0.15, 0.2) is 18.2 Å². The highest BCUT2D eigenvalue weighted by molar-refractivity contribution is 7.16. The molecule has 0 atom stereocenters. The highest BCUT2D eigenvalue weighted by Gasteiger charge is 2.27. The molecule has 0 unspecified atom stereocenters. The van der Waals surface area contributed by atoms with Gasteiger partial charge < -0.3 is 10.5 Å². The van der Waals surface area contributed by atoms with Crippen LogP contribution in [0.2, 0.25) is 0 Å². The maximum atomic E-state index is 12.6. The SMILES string of the molecule is Cc1ccc(-c2c(C)sc(N)c2C(=O)OC(C)(C)C)c(C)c1. The Bertz CT molecular complexity index is 723. The number of benzene rings is 1. The third-order valence-electron chi connectivity index (χ3n) is 3.37. The molecule has 1 aromatic heterocycles. The maximum absolute atomic E-state index is 12.6. The Labute approximate surface area is 136 Å². The zero-order valence-corrected chi connectivity index (χ0v) is 14.9. The van der Waals surface area contributed by atoms with Gasteiger partial charge in [0.05, 0.1) is 0 Å². The lowest BCUT2D eigenvalue weighted by atomic mass is 9.96.